The van der Waals surface area contributed by atoms with Crippen molar-refractivity contribution in [3.63, 3.8) is 0 Å². The van der Waals surface area contributed by atoms with Gasteiger partial charge >= 0.3 is 5.87 Å². The summed E-state index contributed by atoms with van der Waals surface area (Å²) in [5.74, 6) is 2.81. The molecule has 2 heteroatoms. The summed E-state index contributed by atoms with van der Waals surface area (Å²) in [7, 11) is 0. The number of allylic oxidation sites excluding steroid dienone is 2. The van der Waals surface area contributed by atoms with E-state index in [4.69, 9.17) is 5.53 Å². The molecule has 0 bridgehead atoms. The standard InChI is InChI=1S/C27H34N2/c1-4-6-8-9-12-24(21-29-28)20-27(25-17-15-22(3)16-18-25)26-14-10-13-23(19-26)11-7-5-2/h10,13-20H,4-9,11-12H2,1-3H3. The van der Waals surface area contributed by atoms with Crippen LogP contribution in [0.4, 0.5) is 0 Å². The van der Waals surface area contributed by atoms with Gasteiger partial charge in [0.25, 0.3) is 0 Å². The van der Waals surface area contributed by atoms with Gasteiger partial charge in [0, 0.05) is 0 Å². The molecule has 0 amide bonds. The number of hydrogen-bond acceptors (Lipinski definition) is 0. The average molecular weight is 387 g/mol. The Kier molecular flexibility index (Phi) is 9.93. The van der Waals surface area contributed by atoms with Crippen LogP contribution in [0.3, 0.4) is 0 Å². The SMILES string of the molecule is CCCCCCC(=C=[N+]=[N-])C=C(c1ccc(C)cc1)c1cccc(CCCC)c1. The molecule has 0 aliphatic rings. The van der Waals surface area contributed by atoms with Gasteiger partial charge in [-0.2, -0.15) is 0 Å². The van der Waals surface area contributed by atoms with Crippen LogP contribution in [0.15, 0.2) is 60.2 Å². The molecule has 0 unspecified atom stereocenters. The molecule has 29 heavy (non-hydrogen) atoms. The van der Waals surface area contributed by atoms with Crippen LogP contribution in [0, 0.1) is 6.92 Å². The molecule has 0 aliphatic heterocycles. The van der Waals surface area contributed by atoms with E-state index in [1.807, 2.05) is 0 Å². The molecule has 0 spiro atoms. The quantitative estimate of drug-likeness (QED) is 0.126. The third-order valence-corrected chi connectivity index (χ3v) is 5.23. The number of nitrogens with zero attached hydrogens (tertiary/aromatic N) is 2. The lowest BCUT2D eigenvalue weighted by atomic mass is 9.92. The fourth-order valence-electron chi connectivity index (χ4n) is 3.48. The third-order valence-electron chi connectivity index (χ3n) is 5.23. The van der Waals surface area contributed by atoms with Gasteiger partial charge in [-0.1, -0.05) is 93.6 Å². The first-order valence-corrected chi connectivity index (χ1v) is 11.0. The van der Waals surface area contributed by atoms with E-state index >= 15 is 0 Å². The Hall–Kier alpha value is -2.66. The van der Waals surface area contributed by atoms with Crippen LogP contribution >= 0.6 is 0 Å². The van der Waals surface area contributed by atoms with Crippen molar-refractivity contribution in [3.05, 3.63) is 88.0 Å². The minimum absolute atomic E-state index is 0.870. The van der Waals surface area contributed by atoms with Crippen LogP contribution in [-0.2, 0) is 6.42 Å². The molecule has 2 nitrogen and oxygen atoms in total. The number of benzene rings is 2. The maximum Gasteiger partial charge on any atom is 0.303 e. The van der Waals surface area contributed by atoms with Gasteiger partial charge in [0.05, 0.1) is 5.57 Å². The number of hydrogen-bond donors (Lipinski definition) is 0. The van der Waals surface area contributed by atoms with Crippen LogP contribution in [0.25, 0.3) is 11.1 Å². The topological polar surface area (TPSA) is 36.4 Å². The summed E-state index contributed by atoms with van der Waals surface area (Å²) >= 11 is 0. The van der Waals surface area contributed by atoms with Crippen LogP contribution in [0.1, 0.15) is 81.0 Å². The maximum atomic E-state index is 9.13. The molecule has 0 radical (unpaired) electrons. The summed E-state index contributed by atoms with van der Waals surface area (Å²) in [5.41, 5.74) is 16.2. The molecule has 0 saturated heterocycles. The third kappa shape index (κ3) is 7.70. The number of rotatable bonds is 11. The molecule has 0 saturated carbocycles. The summed E-state index contributed by atoms with van der Waals surface area (Å²) in [6.45, 7) is 6.55. The normalized spacial score (nSPS) is 11.1. The zero-order valence-corrected chi connectivity index (χ0v) is 18.2. The minimum atomic E-state index is 0.870. The van der Waals surface area contributed by atoms with Crippen molar-refractivity contribution in [1.82, 2.24) is 0 Å². The van der Waals surface area contributed by atoms with E-state index in [0.717, 1.165) is 30.4 Å². The van der Waals surface area contributed by atoms with E-state index in [1.54, 1.807) is 0 Å². The molecule has 152 valence electrons. The second kappa shape index (κ2) is 12.7. The van der Waals surface area contributed by atoms with Gasteiger partial charge in [-0.05, 0) is 60.9 Å². The van der Waals surface area contributed by atoms with Gasteiger partial charge in [-0.3, -0.25) is 0 Å². The first-order valence-electron chi connectivity index (χ1n) is 11.0. The van der Waals surface area contributed by atoms with Crippen molar-refractivity contribution in [1.29, 1.82) is 0 Å². The molecule has 0 atom stereocenters. The summed E-state index contributed by atoms with van der Waals surface area (Å²) in [6, 6.07) is 17.5. The molecule has 2 aromatic carbocycles. The first kappa shape index (κ1) is 22.6. The van der Waals surface area contributed by atoms with Gasteiger partial charge < -0.3 is 5.53 Å². The van der Waals surface area contributed by atoms with Crippen molar-refractivity contribution >= 4 is 11.4 Å². The fraction of sp³-hybridized carbons (Fsp3) is 0.407. The smallest absolute Gasteiger partial charge is 0.303 e. The summed E-state index contributed by atoms with van der Waals surface area (Å²) < 4.78 is 0. The molecule has 0 aromatic heterocycles. The maximum absolute atomic E-state index is 9.13. The number of aryl methyl sites for hydroxylation is 2. The number of unbranched alkanes of at least 4 members (excludes halogenated alkanes) is 4. The minimum Gasteiger partial charge on any atom is -0.348 e. The highest BCUT2D eigenvalue weighted by molar-refractivity contribution is 5.83. The molecule has 2 aromatic rings. The zero-order chi connectivity index (χ0) is 20.9. The molecule has 2 rings (SSSR count). The highest BCUT2D eigenvalue weighted by Gasteiger charge is 2.09. The van der Waals surface area contributed by atoms with Crippen molar-refractivity contribution < 1.29 is 4.79 Å². The van der Waals surface area contributed by atoms with Crippen molar-refractivity contribution in [2.75, 3.05) is 0 Å². The van der Waals surface area contributed by atoms with Crippen LogP contribution in [-0.4, -0.2) is 10.7 Å². The summed E-state index contributed by atoms with van der Waals surface area (Å²) in [6.07, 6.45) is 11.2. The second-order valence-corrected chi connectivity index (χ2v) is 7.78. The van der Waals surface area contributed by atoms with E-state index < -0.39 is 0 Å². The fourth-order valence-corrected chi connectivity index (χ4v) is 3.48. The Labute approximate surface area is 176 Å². The van der Waals surface area contributed by atoms with Crippen LogP contribution in [0.2, 0.25) is 0 Å². The Morgan fingerprint density at radius 2 is 1.69 bits per heavy atom. The van der Waals surface area contributed by atoms with Crippen molar-refractivity contribution in [2.24, 2.45) is 0 Å². The van der Waals surface area contributed by atoms with Gasteiger partial charge in [0.1, 0.15) is 0 Å². The van der Waals surface area contributed by atoms with Gasteiger partial charge in [0.15, 0.2) is 0 Å². The predicted octanol–water partition coefficient (Wildman–Crippen LogP) is 7.57. The van der Waals surface area contributed by atoms with Gasteiger partial charge in [-0.25, -0.2) is 0 Å². The molecule has 0 heterocycles. The van der Waals surface area contributed by atoms with Crippen LogP contribution < -0.4 is 0 Å². The summed E-state index contributed by atoms with van der Waals surface area (Å²) in [5, 5.41) is 0. The lowest BCUT2D eigenvalue weighted by molar-refractivity contribution is 0.00746. The molecule has 0 fully saturated rings. The van der Waals surface area contributed by atoms with E-state index in [1.165, 1.54) is 54.4 Å². The van der Waals surface area contributed by atoms with E-state index in [-0.39, 0.29) is 0 Å². The Morgan fingerprint density at radius 3 is 2.38 bits per heavy atom. The Balaban J connectivity index is 2.44. The monoisotopic (exact) mass is 386 g/mol. The molecule has 0 aliphatic carbocycles. The van der Waals surface area contributed by atoms with Gasteiger partial charge in [0.2, 0.25) is 0 Å². The summed E-state index contributed by atoms with van der Waals surface area (Å²) in [4.78, 5) is 3.22. The second-order valence-electron chi connectivity index (χ2n) is 7.78. The molecular weight excluding hydrogens is 352 g/mol. The lowest BCUT2D eigenvalue weighted by Crippen LogP contribution is -1.94. The average Bonchev–Trinajstić information content (AvgIpc) is 2.74. The van der Waals surface area contributed by atoms with E-state index in [2.05, 4.69) is 86.0 Å². The largest absolute Gasteiger partial charge is 0.348 e. The van der Waals surface area contributed by atoms with Crippen molar-refractivity contribution in [2.45, 2.75) is 72.1 Å². The first-order chi connectivity index (χ1) is 14.2. The van der Waals surface area contributed by atoms with Gasteiger partial charge in [-0.15, -0.1) is 4.79 Å². The predicted molar refractivity (Wildman–Crippen MR) is 124 cm³/mol. The van der Waals surface area contributed by atoms with E-state index in [9.17, 15) is 0 Å². The van der Waals surface area contributed by atoms with Crippen LogP contribution in [0.5, 0.6) is 0 Å². The molecular formula is C27H34N2. The zero-order valence-electron chi connectivity index (χ0n) is 18.2. The van der Waals surface area contributed by atoms with E-state index in [0.29, 0.717) is 0 Å². The highest BCUT2D eigenvalue weighted by Crippen LogP contribution is 2.27. The highest BCUT2D eigenvalue weighted by atomic mass is 14.8. The molecule has 0 N–H and O–H groups in total. The Bertz CT molecular complexity index is 877. The lowest BCUT2D eigenvalue weighted by Gasteiger charge is -2.11. The van der Waals surface area contributed by atoms with Crippen molar-refractivity contribution in [3.8, 4) is 0 Å². The Morgan fingerprint density at radius 1 is 0.931 bits per heavy atom.